The lowest BCUT2D eigenvalue weighted by atomic mass is 10.0. The van der Waals surface area contributed by atoms with Gasteiger partial charge < -0.3 is 29.7 Å². The molecule has 2 aliphatic heterocycles. The highest BCUT2D eigenvalue weighted by molar-refractivity contribution is 5.77. The number of amides is 3. The SMILES string of the molecule is CC(C)(C)OC(=O)NC1CCN(C(=O)C[C@@H]2CN(C(=O)O)CCO2)CC1. The molecule has 0 bridgehead atoms. The van der Waals surface area contributed by atoms with E-state index in [9.17, 15) is 14.4 Å². The van der Waals surface area contributed by atoms with Gasteiger partial charge >= 0.3 is 12.2 Å². The van der Waals surface area contributed by atoms with E-state index in [1.54, 1.807) is 4.90 Å². The first-order chi connectivity index (χ1) is 12.1. The number of alkyl carbamates (subject to hydrolysis) is 1. The second kappa shape index (κ2) is 8.57. The molecule has 26 heavy (non-hydrogen) atoms. The molecule has 0 radical (unpaired) electrons. The number of hydrogen-bond acceptors (Lipinski definition) is 5. The average molecular weight is 371 g/mol. The summed E-state index contributed by atoms with van der Waals surface area (Å²) in [5.74, 6) is -0.0436. The summed E-state index contributed by atoms with van der Waals surface area (Å²) >= 11 is 0. The van der Waals surface area contributed by atoms with Gasteiger partial charge in [0.25, 0.3) is 0 Å². The second-order valence-electron chi connectivity index (χ2n) is 7.73. The molecule has 0 spiro atoms. The van der Waals surface area contributed by atoms with Gasteiger partial charge in [0.15, 0.2) is 0 Å². The van der Waals surface area contributed by atoms with Crippen LogP contribution >= 0.6 is 0 Å². The van der Waals surface area contributed by atoms with Crippen LogP contribution in [-0.2, 0) is 14.3 Å². The van der Waals surface area contributed by atoms with Gasteiger partial charge in [0.1, 0.15) is 5.60 Å². The smallest absolute Gasteiger partial charge is 0.407 e. The molecule has 0 unspecified atom stereocenters. The van der Waals surface area contributed by atoms with Crippen molar-refractivity contribution in [2.24, 2.45) is 0 Å². The van der Waals surface area contributed by atoms with E-state index in [2.05, 4.69) is 5.32 Å². The Morgan fingerprint density at radius 2 is 1.81 bits per heavy atom. The fourth-order valence-corrected chi connectivity index (χ4v) is 3.09. The Bertz CT molecular complexity index is 525. The van der Waals surface area contributed by atoms with Crippen molar-refractivity contribution in [2.45, 2.75) is 57.8 Å². The number of hydrogen-bond donors (Lipinski definition) is 2. The van der Waals surface area contributed by atoms with Gasteiger partial charge in [-0.1, -0.05) is 0 Å². The van der Waals surface area contributed by atoms with E-state index < -0.39 is 23.9 Å². The Hall–Kier alpha value is -2.03. The molecule has 0 aliphatic carbocycles. The van der Waals surface area contributed by atoms with Crippen molar-refractivity contribution in [3.8, 4) is 0 Å². The topological polar surface area (TPSA) is 108 Å². The maximum atomic E-state index is 12.4. The maximum absolute atomic E-state index is 12.4. The molecule has 2 N–H and O–H groups in total. The summed E-state index contributed by atoms with van der Waals surface area (Å²) in [5, 5.41) is 11.9. The van der Waals surface area contributed by atoms with Gasteiger partial charge in [-0.25, -0.2) is 9.59 Å². The van der Waals surface area contributed by atoms with Crippen LogP contribution in [0.5, 0.6) is 0 Å². The van der Waals surface area contributed by atoms with Crippen molar-refractivity contribution in [3.63, 3.8) is 0 Å². The Morgan fingerprint density at radius 1 is 1.15 bits per heavy atom. The molecular formula is C17H29N3O6. The van der Waals surface area contributed by atoms with Gasteiger partial charge in [0.05, 0.1) is 25.7 Å². The van der Waals surface area contributed by atoms with Crippen molar-refractivity contribution in [3.05, 3.63) is 0 Å². The quantitative estimate of drug-likeness (QED) is 0.773. The number of carbonyl (C=O) groups is 3. The Kier molecular flexibility index (Phi) is 6.69. The van der Waals surface area contributed by atoms with Crippen LogP contribution in [0.2, 0.25) is 0 Å². The van der Waals surface area contributed by atoms with Crippen LogP contribution in [0.1, 0.15) is 40.0 Å². The first kappa shape index (κ1) is 20.3. The first-order valence-electron chi connectivity index (χ1n) is 9.01. The van der Waals surface area contributed by atoms with Gasteiger partial charge in [-0.05, 0) is 33.6 Å². The van der Waals surface area contributed by atoms with Gasteiger partial charge in [0, 0.05) is 25.7 Å². The van der Waals surface area contributed by atoms with Crippen molar-refractivity contribution in [1.82, 2.24) is 15.1 Å². The lowest BCUT2D eigenvalue weighted by molar-refractivity contribution is -0.137. The highest BCUT2D eigenvalue weighted by atomic mass is 16.6. The predicted octanol–water partition coefficient (Wildman–Crippen LogP) is 1.27. The zero-order valence-electron chi connectivity index (χ0n) is 15.7. The number of ether oxygens (including phenoxy) is 2. The van der Waals surface area contributed by atoms with Crippen LogP contribution in [0.3, 0.4) is 0 Å². The lowest BCUT2D eigenvalue weighted by Crippen LogP contribution is -2.50. The molecule has 0 aromatic carbocycles. The van der Waals surface area contributed by atoms with Gasteiger partial charge in [-0.15, -0.1) is 0 Å². The third kappa shape index (κ3) is 6.36. The van der Waals surface area contributed by atoms with E-state index in [0.717, 1.165) is 0 Å². The zero-order chi connectivity index (χ0) is 19.3. The minimum Gasteiger partial charge on any atom is -0.465 e. The Labute approximate surface area is 153 Å². The molecule has 2 fully saturated rings. The summed E-state index contributed by atoms with van der Waals surface area (Å²) in [5.41, 5.74) is -0.537. The highest BCUT2D eigenvalue weighted by Gasteiger charge is 2.30. The number of likely N-dealkylation sites (tertiary alicyclic amines) is 1. The summed E-state index contributed by atoms with van der Waals surface area (Å²) in [7, 11) is 0. The molecule has 9 nitrogen and oxygen atoms in total. The maximum Gasteiger partial charge on any atom is 0.407 e. The molecule has 1 atom stereocenters. The number of nitrogens with one attached hydrogen (secondary N) is 1. The molecule has 148 valence electrons. The third-order valence-electron chi connectivity index (χ3n) is 4.38. The number of carbonyl (C=O) groups excluding carboxylic acids is 2. The third-order valence-corrected chi connectivity index (χ3v) is 4.38. The number of rotatable bonds is 3. The standard InChI is InChI=1S/C17H29N3O6/c1-17(2,3)26-15(22)18-12-4-6-19(7-5-12)14(21)10-13-11-20(16(23)24)8-9-25-13/h12-13H,4-11H2,1-3H3,(H,18,22)(H,23,24)/t13-/m1/s1. The molecule has 9 heteroatoms. The van der Waals surface area contributed by atoms with E-state index >= 15 is 0 Å². The zero-order valence-corrected chi connectivity index (χ0v) is 15.7. The molecule has 0 aromatic rings. The normalized spacial score (nSPS) is 22.0. The van der Waals surface area contributed by atoms with Crippen molar-refractivity contribution >= 4 is 18.1 Å². The highest BCUT2D eigenvalue weighted by Crippen LogP contribution is 2.16. The average Bonchev–Trinajstić information content (AvgIpc) is 2.53. The first-order valence-corrected chi connectivity index (χ1v) is 9.01. The molecule has 0 aromatic heterocycles. The lowest BCUT2D eigenvalue weighted by Gasteiger charge is -2.35. The molecular weight excluding hydrogens is 342 g/mol. The van der Waals surface area contributed by atoms with Gasteiger partial charge in [-0.3, -0.25) is 4.79 Å². The molecule has 3 amide bonds. The van der Waals surface area contributed by atoms with Crippen molar-refractivity contribution in [1.29, 1.82) is 0 Å². The minimum atomic E-state index is -0.986. The summed E-state index contributed by atoms with van der Waals surface area (Å²) in [4.78, 5) is 38.3. The predicted molar refractivity (Wildman–Crippen MR) is 92.9 cm³/mol. The van der Waals surface area contributed by atoms with E-state index in [4.69, 9.17) is 14.6 Å². The monoisotopic (exact) mass is 371 g/mol. The number of piperidine rings is 1. The van der Waals surface area contributed by atoms with Crippen LogP contribution in [0, 0.1) is 0 Å². The largest absolute Gasteiger partial charge is 0.465 e. The molecule has 2 aliphatic rings. The van der Waals surface area contributed by atoms with Crippen LogP contribution in [0.15, 0.2) is 0 Å². The van der Waals surface area contributed by atoms with Gasteiger partial charge in [0.2, 0.25) is 5.91 Å². The van der Waals surface area contributed by atoms with Gasteiger partial charge in [-0.2, -0.15) is 0 Å². The van der Waals surface area contributed by atoms with Crippen LogP contribution in [-0.4, -0.2) is 83.5 Å². The second-order valence-corrected chi connectivity index (χ2v) is 7.73. The Balaban J connectivity index is 1.72. The van der Waals surface area contributed by atoms with Crippen LogP contribution < -0.4 is 5.32 Å². The van der Waals surface area contributed by atoms with E-state index in [1.807, 2.05) is 20.8 Å². The fraction of sp³-hybridized carbons (Fsp3) is 0.824. The minimum absolute atomic E-state index is 0.0117. The van der Waals surface area contributed by atoms with Crippen LogP contribution in [0.4, 0.5) is 9.59 Å². The van der Waals surface area contributed by atoms with E-state index in [0.29, 0.717) is 39.1 Å². The fourth-order valence-electron chi connectivity index (χ4n) is 3.09. The number of carboxylic acid groups (broad SMARTS) is 1. The van der Waals surface area contributed by atoms with E-state index in [-0.39, 0.29) is 24.9 Å². The summed E-state index contributed by atoms with van der Waals surface area (Å²) in [6, 6.07) is -0.0117. The number of morpholine rings is 1. The van der Waals surface area contributed by atoms with E-state index in [1.165, 1.54) is 4.90 Å². The summed E-state index contributed by atoms with van der Waals surface area (Å²) in [6.45, 7) is 7.40. The van der Waals surface area contributed by atoms with Crippen LogP contribution in [0.25, 0.3) is 0 Å². The summed E-state index contributed by atoms with van der Waals surface area (Å²) in [6.07, 6.45) is -0.319. The van der Waals surface area contributed by atoms with Crippen molar-refractivity contribution < 1.29 is 29.0 Å². The molecule has 2 heterocycles. The van der Waals surface area contributed by atoms with Crippen molar-refractivity contribution in [2.75, 3.05) is 32.8 Å². The molecule has 2 rings (SSSR count). The Morgan fingerprint density at radius 3 is 2.38 bits per heavy atom. The molecule has 0 saturated carbocycles. The molecule has 2 saturated heterocycles. The summed E-state index contributed by atoms with van der Waals surface area (Å²) < 4.78 is 10.8. The number of nitrogens with zero attached hydrogens (tertiary/aromatic N) is 2.